The van der Waals surface area contributed by atoms with E-state index in [4.69, 9.17) is 17.3 Å². The molecule has 0 spiro atoms. The number of hydrogen-bond donors (Lipinski definition) is 1. The largest absolute Gasteiger partial charge is 0.323 e. The molecule has 94 valence electrons. The fraction of sp³-hybridized carbons (Fsp3) is 0.714. The number of fused-ring (bicyclic) bond motifs is 2. The zero-order chi connectivity index (χ0) is 12.0. The fourth-order valence-corrected chi connectivity index (χ4v) is 5.01. The average Bonchev–Trinajstić information content (AvgIpc) is 2.95. The highest BCUT2D eigenvalue weighted by Gasteiger charge is 2.39. The molecule has 1 heterocycles. The summed E-state index contributed by atoms with van der Waals surface area (Å²) in [5.74, 6) is 2.87. The molecule has 2 aliphatic rings. The molecule has 1 nitrogen and oxygen atoms in total. The highest BCUT2D eigenvalue weighted by Crippen LogP contribution is 2.51. The van der Waals surface area contributed by atoms with Gasteiger partial charge in [-0.15, -0.1) is 11.3 Å². The third kappa shape index (κ3) is 2.27. The first-order valence-electron chi connectivity index (χ1n) is 6.65. The summed E-state index contributed by atoms with van der Waals surface area (Å²) in [7, 11) is 0. The summed E-state index contributed by atoms with van der Waals surface area (Å²) >= 11 is 7.78. The van der Waals surface area contributed by atoms with Gasteiger partial charge in [0.15, 0.2) is 0 Å². The van der Waals surface area contributed by atoms with Crippen molar-refractivity contribution in [2.75, 3.05) is 0 Å². The monoisotopic (exact) mass is 269 g/mol. The first-order chi connectivity index (χ1) is 8.13. The maximum absolute atomic E-state index is 6.34. The van der Waals surface area contributed by atoms with Crippen LogP contribution in [0.4, 0.5) is 0 Å². The van der Waals surface area contributed by atoms with Crippen molar-refractivity contribution in [3.05, 3.63) is 20.8 Å². The van der Waals surface area contributed by atoms with Gasteiger partial charge in [0.1, 0.15) is 0 Å². The molecule has 4 atom stereocenters. The summed E-state index contributed by atoms with van der Waals surface area (Å²) in [4.78, 5) is 1.27. The van der Waals surface area contributed by atoms with Gasteiger partial charge in [-0.3, -0.25) is 0 Å². The van der Waals surface area contributed by atoms with Gasteiger partial charge in [0, 0.05) is 10.9 Å². The van der Waals surface area contributed by atoms with Crippen LogP contribution in [0, 0.1) is 24.7 Å². The number of halogens is 1. The molecule has 0 radical (unpaired) electrons. The van der Waals surface area contributed by atoms with E-state index >= 15 is 0 Å². The van der Waals surface area contributed by atoms with E-state index in [1.165, 1.54) is 36.1 Å². The normalized spacial score (nSPS) is 33.2. The number of thiophene rings is 1. The quantitative estimate of drug-likeness (QED) is 0.857. The van der Waals surface area contributed by atoms with Gasteiger partial charge >= 0.3 is 0 Å². The highest BCUT2D eigenvalue weighted by atomic mass is 35.5. The summed E-state index contributed by atoms with van der Waals surface area (Å²) in [5.41, 5.74) is 7.52. The van der Waals surface area contributed by atoms with Crippen LogP contribution in [-0.4, -0.2) is 0 Å². The molecule has 2 N–H and O–H groups in total. The first kappa shape index (κ1) is 12.0. The van der Waals surface area contributed by atoms with Gasteiger partial charge in [-0.1, -0.05) is 18.0 Å². The van der Waals surface area contributed by atoms with Crippen LogP contribution in [0.25, 0.3) is 0 Å². The standard InChI is InChI=1S/C14H20ClNS/c1-8-4-13(17-14(8)15)12(16)7-11-6-9-2-3-10(11)5-9/h4,9-12H,2-3,5-7,16H2,1H3. The number of aryl methyl sites for hydroxylation is 1. The summed E-state index contributed by atoms with van der Waals surface area (Å²) in [6, 6.07) is 2.38. The summed E-state index contributed by atoms with van der Waals surface area (Å²) in [5, 5.41) is 0. The maximum Gasteiger partial charge on any atom is 0.0960 e. The SMILES string of the molecule is Cc1cc(C(N)CC2CC3CCC2C3)sc1Cl. The smallest absolute Gasteiger partial charge is 0.0960 e. The Morgan fingerprint density at radius 3 is 2.82 bits per heavy atom. The Bertz CT molecular complexity index is 395. The van der Waals surface area contributed by atoms with Crippen LogP contribution in [0.3, 0.4) is 0 Å². The van der Waals surface area contributed by atoms with Crippen LogP contribution in [0.5, 0.6) is 0 Å². The zero-order valence-electron chi connectivity index (χ0n) is 10.3. The summed E-state index contributed by atoms with van der Waals surface area (Å²) in [6.07, 6.45) is 6.99. The first-order valence-corrected chi connectivity index (χ1v) is 7.84. The van der Waals surface area contributed by atoms with Gasteiger partial charge in [0.25, 0.3) is 0 Å². The van der Waals surface area contributed by atoms with Gasteiger partial charge in [0.2, 0.25) is 0 Å². The highest BCUT2D eigenvalue weighted by molar-refractivity contribution is 7.16. The van der Waals surface area contributed by atoms with Gasteiger partial charge in [-0.05, 0) is 62.0 Å². The Morgan fingerprint density at radius 1 is 1.47 bits per heavy atom. The Morgan fingerprint density at radius 2 is 2.29 bits per heavy atom. The zero-order valence-corrected chi connectivity index (χ0v) is 11.9. The molecule has 0 saturated heterocycles. The molecular weight excluding hydrogens is 250 g/mol. The van der Waals surface area contributed by atoms with Crippen molar-refractivity contribution in [1.29, 1.82) is 0 Å². The molecule has 2 bridgehead atoms. The molecule has 17 heavy (non-hydrogen) atoms. The van der Waals surface area contributed by atoms with Crippen molar-refractivity contribution in [3.8, 4) is 0 Å². The maximum atomic E-state index is 6.34. The molecule has 0 aliphatic heterocycles. The van der Waals surface area contributed by atoms with Crippen molar-refractivity contribution >= 4 is 22.9 Å². The van der Waals surface area contributed by atoms with Crippen LogP contribution in [0.15, 0.2) is 6.07 Å². The van der Waals surface area contributed by atoms with Gasteiger partial charge < -0.3 is 5.73 Å². The van der Waals surface area contributed by atoms with E-state index in [1.807, 2.05) is 0 Å². The topological polar surface area (TPSA) is 26.0 Å². The second-order valence-corrected chi connectivity index (χ2v) is 7.57. The minimum Gasteiger partial charge on any atom is -0.323 e. The van der Waals surface area contributed by atoms with E-state index in [0.29, 0.717) is 0 Å². The van der Waals surface area contributed by atoms with E-state index in [9.17, 15) is 0 Å². The fourth-order valence-electron chi connectivity index (χ4n) is 3.77. The number of rotatable bonds is 3. The van der Waals surface area contributed by atoms with Crippen molar-refractivity contribution in [1.82, 2.24) is 0 Å². The molecule has 3 heteroatoms. The molecule has 1 aromatic heterocycles. The lowest BCUT2D eigenvalue weighted by Crippen LogP contribution is -2.18. The van der Waals surface area contributed by atoms with E-state index in [0.717, 1.165) is 28.5 Å². The van der Waals surface area contributed by atoms with Crippen molar-refractivity contribution in [2.24, 2.45) is 23.5 Å². The van der Waals surface area contributed by atoms with Crippen LogP contribution in [0.1, 0.15) is 48.6 Å². The van der Waals surface area contributed by atoms with Crippen molar-refractivity contribution in [2.45, 2.75) is 45.1 Å². The van der Waals surface area contributed by atoms with Gasteiger partial charge in [0.05, 0.1) is 4.34 Å². The third-order valence-electron chi connectivity index (χ3n) is 4.68. The van der Waals surface area contributed by atoms with E-state index < -0.39 is 0 Å². The molecule has 1 aromatic rings. The van der Waals surface area contributed by atoms with Gasteiger partial charge in [-0.25, -0.2) is 0 Å². The van der Waals surface area contributed by atoms with E-state index in [-0.39, 0.29) is 6.04 Å². The lowest BCUT2D eigenvalue weighted by molar-refractivity contribution is 0.297. The molecule has 3 rings (SSSR count). The number of hydrogen-bond acceptors (Lipinski definition) is 2. The molecule has 2 fully saturated rings. The lowest BCUT2D eigenvalue weighted by atomic mass is 9.84. The van der Waals surface area contributed by atoms with Crippen molar-refractivity contribution in [3.63, 3.8) is 0 Å². The summed E-state index contributed by atoms with van der Waals surface area (Å²) < 4.78 is 0.906. The Labute approximate surface area is 112 Å². The van der Waals surface area contributed by atoms with Crippen LogP contribution < -0.4 is 5.73 Å². The average molecular weight is 270 g/mol. The molecule has 4 unspecified atom stereocenters. The molecule has 2 saturated carbocycles. The minimum absolute atomic E-state index is 0.204. The van der Waals surface area contributed by atoms with Crippen LogP contribution >= 0.6 is 22.9 Å². The second kappa shape index (κ2) is 4.56. The van der Waals surface area contributed by atoms with Gasteiger partial charge in [-0.2, -0.15) is 0 Å². The molecular formula is C14H20ClNS. The number of nitrogens with two attached hydrogens (primary N) is 1. The predicted octanol–water partition coefficient (Wildman–Crippen LogP) is 4.54. The Balaban J connectivity index is 1.65. The Hall–Kier alpha value is -0.0500. The molecule has 0 aromatic carbocycles. The third-order valence-corrected chi connectivity index (χ3v) is 6.37. The van der Waals surface area contributed by atoms with E-state index in [2.05, 4.69) is 13.0 Å². The van der Waals surface area contributed by atoms with Crippen LogP contribution in [0.2, 0.25) is 4.34 Å². The van der Waals surface area contributed by atoms with Crippen molar-refractivity contribution < 1.29 is 0 Å². The van der Waals surface area contributed by atoms with Crippen LogP contribution in [-0.2, 0) is 0 Å². The molecule has 0 amide bonds. The second-order valence-electron chi connectivity index (χ2n) is 5.88. The molecule has 2 aliphatic carbocycles. The summed E-state index contributed by atoms with van der Waals surface area (Å²) in [6.45, 7) is 2.06. The van der Waals surface area contributed by atoms with E-state index in [1.54, 1.807) is 11.3 Å². The predicted molar refractivity (Wildman–Crippen MR) is 74.5 cm³/mol. The Kier molecular flexibility index (Phi) is 3.22. The lowest BCUT2D eigenvalue weighted by Gasteiger charge is -2.24. The minimum atomic E-state index is 0.204.